The SMILES string of the molecule is COC(=O)c1cc(C2CC2)cn2cc(Cn3cc(C=O)nn3)nc12. The third-order valence-corrected chi connectivity index (χ3v) is 4.08. The smallest absolute Gasteiger partial charge is 0.341 e. The van der Waals surface area contributed by atoms with Crippen molar-refractivity contribution in [2.24, 2.45) is 0 Å². The van der Waals surface area contributed by atoms with E-state index in [4.69, 9.17) is 4.74 Å². The van der Waals surface area contributed by atoms with Crippen LogP contribution in [0.5, 0.6) is 0 Å². The Balaban J connectivity index is 1.75. The second-order valence-corrected chi connectivity index (χ2v) is 5.87. The zero-order valence-corrected chi connectivity index (χ0v) is 13.0. The van der Waals surface area contributed by atoms with E-state index < -0.39 is 5.97 Å². The van der Waals surface area contributed by atoms with Gasteiger partial charge >= 0.3 is 5.97 Å². The average Bonchev–Trinajstić information content (AvgIpc) is 3.22. The Morgan fingerprint density at radius 3 is 2.88 bits per heavy atom. The minimum atomic E-state index is -0.399. The first-order chi connectivity index (χ1) is 11.7. The molecule has 3 heterocycles. The highest BCUT2D eigenvalue weighted by Gasteiger charge is 2.26. The largest absolute Gasteiger partial charge is 0.465 e. The summed E-state index contributed by atoms with van der Waals surface area (Å²) in [5.74, 6) is 0.109. The maximum absolute atomic E-state index is 12.1. The van der Waals surface area contributed by atoms with Crippen LogP contribution in [0.4, 0.5) is 0 Å². The molecule has 0 spiro atoms. The van der Waals surface area contributed by atoms with E-state index in [2.05, 4.69) is 15.3 Å². The second kappa shape index (κ2) is 5.55. The predicted octanol–water partition coefficient (Wildman–Crippen LogP) is 1.45. The topological polar surface area (TPSA) is 91.4 Å². The van der Waals surface area contributed by atoms with E-state index in [0.29, 0.717) is 30.0 Å². The zero-order chi connectivity index (χ0) is 16.7. The van der Waals surface area contributed by atoms with Gasteiger partial charge in [0.05, 0.1) is 25.5 Å². The summed E-state index contributed by atoms with van der Waals surface area (Å²) in [7, 11) is 1.36. The van der Waals surface area contributed by atoms with Gasteiger partial charge in [0.25, 0.3) is 0 Å². The van der Waals surface area contributed by atoms with Crippen molar-refractivity contribution >= 4 is 17.9 Å². The number of nitrogens with zero attached hydrogens (tertiary/aromatic N) is 5. The van der Waals surface area contributed by atoms with Gasteiger partial charge in [0.15, 0.2) is 11.9 Å². The molecule has 0 bridgehead atoms. The molecule has 1 aliphatic rings. The van der Waals surface area contributed by atoms with E-state index in [1.165, 1.54) is 11.8 Å². The first-order valence-electron chi connectivity index (χ1n) is 7.63. The molecule has 1 fully saturated rings. The van der Waals surface area contributed by atoms with E-state index in [0.717, 1.165) is 24.1 Å². The molecule has 0 atom stereocenters. The summed E-state index contributed by atoms with van der Waals surface area (Å²) >= 11 is 0. The number of rotatable bonds is 5. The molecule has 8 heteroatoms. The number of pyridine rings is 1. The Hall–Kier alpha value is -3.03. The average molecular weight is 325 g/mol. The standard InChI is InChI=1S/C16H15N5O3/c1-24-16(23)14-4-11(10-2-3-10)5-20-6-12(17-15(14)20)7-21-8-13(9-22)18-19-21/h4-6,8-10H,2-3,7H2,1H3. The fraction of sp³-hybridized carbons (Fsp3) is 0.312. The van der Waals surface area contributed by atoms with Crippen LogP contribution < -0.4 is 0 Å². The molecule has 122 valence electrons. The fourth-order valence-corrected chi connectivity index (χ4v) is 2.76. The summed E-state index contributed by atoms with van der Waals surface area (Å²) in [5, 5.41) is 7.60. The minimum Gasteiger partial charge on any atom is -0.465 e. The number of methoxy groups -OCH3 is 1. The van der Waals surface area contributed by atoms with E-state index in [-0.39, 0.29) is 5.69 Å². The molecule has 0 aromatic carbocycles. The molecule has 0 amide bonds. The van der Waals surface area contributed by atoms with Crippen LogP contribution in [-0.4, -0.2) is 43.7 Å². The molecular weight excluding hydrogens is 310 g/mol. The molecule has 8 nitrogen and oxygen atoms in total. The summed E-state index contributed by atoms with van der Waals surface area (Å²) in [4.78, 5) is 27.3. The van der Waals surface area contributed by atoms with Gasteiger partial charge in [-0.3, -0.25) is 4.79 Å². The lowest BCUT2D eigenvalue weighted by atomic mass is 10.1. The van der Waals surface area contributed by atoms with Gasteiger partial charge in [-0.2, -0.15) is 0 Å². The summed E-state index contributed by atoms with van der Waals surface area (Å²) in [6.45, 7) is 0.363. The van der Waals surface area contributed by atoms with Gasteiger partial charge in [0.2, 0.25) is 0 Å². The first-order valence-corrected chi connectivity index (χ1v) is 7.63. The van der Waals surface area contributed by atoms with Crippen LogP contribution >= 0.6 is 0 Å². The number of aldehydes is 1. The number of carbonyl (C=O) groups is 2. The van der Waals surface area contributed by atoms with Crippen LogP contribution in [0.15, 0.2) is 24.7 Å². The summed E-state index contributed by atoms with van der Waals surface area (Å²) < 4.78 is 8.27. The van der Waals surface area contributed by atoms with Crippen molar-refractivity contribution < 1.29 is 14.3 Å². The number of hydrogen-bond donors (Lipinski definition) is 0. The van der Waals surface area contributed by atoms with Crippen LogP contribution in [0.1, 0.15) is 50.9 Å². The van der Waals surface area contributed by atoms with Gasteiger partial charge in [-0.25, -0.2) is 14.5 Å². The fourth-order valence-electron chi connectivity index (χ4n) is 2.76. The first kappa shape index (κ1) is 14.6. The van der Waals surface area contributed by atoms with Gasteiger partial charge < -0.3 is 9.14 Å². The van der Waals surface area contributed by atoms with Crippen molar-refractivity contribution in [2.45, 2.75) is 25.3 Å². The third kappa shape index (κ3) is 2.55. The lowest BCUT2D eigenvalue weighted by Crippen LogP contribution is -2.05. The number of esters is 1. The van der Waals surface area contributed by atoms with E-state index >= 15 is 0 Å². The van der Waals surface area contributed by atoms with Crippen molar-refractivity contribution in [1.29, 1.82) is 0 Å². The lowest BCUT2D eigenvalue weighted by molar-refractivity contribution is 0.0602. The van der Waals surface area contributed by atoms with Crippen LogP contribution in [0.25, 0.3) is 5.65 Å². The van der Waals surface area contributed by atoms with E-state index in [1.54, 1.807) is 6.20 Å². The van der Waals surface area contributed by atoms with Crippen molar-refractivity contribution in [3.63, 3.8) is 0 Å². The Kier molecular flexibility index (Phi) is 3.37. The number of hydrogen-bond acceptors (Lipinski definition) is 6. The maximum Gasteiger partial charge on any atom is 0.341 e. The number of fused-ring (bicyclic) bond motifs is 1. The van der Waals surface area contributed by atoms with Crippen molar-refractivity contribution in [1.82, 2.24) is 24.4 Å². The Morgan fingerprint density at radius 1 is 1.38 bits per heavy atom. The highest BCUT2D eigenvalue weighted by atomic mass is 16.5. The Bertz CT molecular complexity index is 938. The van der Waals surface area contributed by atoms with Crippen molar-refractivity contribution in [2.75, 3.05) is 7.11 Å². The molecule has 0 radical (unpaired) electrons. The molecule has 1 saturated carbocycles. The number of imidazole rings is 1. The maximum atomic E-state index is 12.1. The van der Waals surface area contributed by atoms with Gasteiger partial charge in [-0.1, -0.05) is 5.21 Å². The van der Waals surface area contributed by atoms with Crippen LogP contribution in [-0.2, 0) is 11.3 Å². The molecular formula is C16H15N5O3. The second-order valence-electron chi connectivity index (χ2n) is 5.87. The molecule has 0 aliphatic heterocycles. The highest BCUT2D eigenvalue weighted by Crippen LogP contribution is 2.40. The molecule has 1 aliphatic carbocycles. The van der Waals surface area contributed by atoms with Gasteiger partial charge in [-0.15, -0.1) is 5.10 Å². The van der Waals surface area contributed by atoms with E-state index in [9.17, 15) is 9.59 Å². The molecule has 0 N–H and O–H groups in total. The Labute approximate surface area is 137 Å². The lowest BCUT2D eigenvalue weighted by Gasteiger charge is -2.05. The number of aromatic nitrogens is 5. The van der Waals surface area contributed by atoms with Gasteiger partial charge in [0, 0.05) is 12.4 Å². The molecule has 0 saturated heterocycles. The minimum absolute atomic E-state index is 0.269. The number of carbonyl (C=O) groups excluding carboxylic acids is 2. The van der Waals surface area contributed by atoms with Gasteiger partial charge in [0.1, 0.15) is 11.3 Å². The normalized spacial score (nSPS) is 14.0. The van der Waals surface area contributed by atoms with Crippen LogP contribution in [0.2, 0.25) is 0 Å². The Morgan fingerprint density at radius 2 is 2.21 bits per heavy atom. The van der Waals surface area contributed by atoms with E-state index in [1.807, 2.05) is 22.9 Å². The monoisotopic (exact) mass is 325 g/mol. The molecule has 0 unspecified atom stereocenters. The summed E-state index contributed by atoms with van der Waals surface area (Å²) in [5.41, 5.74) is 3.12. The van der Waals surface area contributed by atoms with Crippen molar-refractivity contribution in [3.8, 4) is 0 Å². The molecule has 3 aromatic rings. The third-order valence-electron chi connectivity index (χ3n) is 4.08. The van der Waals surface area contributed by atoms with Gasteiger partial charge in [-0.05, 0) is 30.4 Å². The molecule has 4 rings (SSSR count). The van der Waals surface area contributed by atoms with Crippen LogP contribution in [0, 0.1) is 0 Å². The van der Waals surface area contributed by atoms with Crippen LogP contribution in [0.3, 0.4) is 0 Å². The summed E-state index contributed by atoms with van der Waals surface area (Å²) in [6, 6.07) is 1.87. The number of ether oxygens (including phenoxy) is 1. The van der Waals surface area contributed by atoms with Crippen molar-refractivity contribution in [3.05, 3.63) is 47.2 Å². The quantitative estimate of drug-likeness (QED) is 0.521. The zero-order valence-electron chi connectivity index (χ0n) is 13.0. The predicted molar refractivity (Wildman–Crippen MR) is 83.0 cm³/mol. The molecule has 24 heavy (non-hydrogen) atoms. The highest BCUT2D eigenvalue weighted by molar-refractivity contribution is 5.96. The summed E-state index contributed by atoms with van der Waals surface area (Å²) in [6.07, 6.45) is 8.34. The molecule has 3 aromatic heterocycles.